The van der Waals surface area contributed by atoms with Gasteiger partial charge < -0.3 is 9.84 Å². The molecule has 3 rings (SSSR count). The fourth-order valence-electron chi connectivity index (χ4n) is 2.84. The van der Waals surface area contributed by atoms with Crippen molar-refractivity contribution in [3.8, 4) is 5.75 Å². The second-order valence-electron chi connectivity index (χ2n) is 6.10. The third kappa shape index (κ3) is 4.25. The van der Waals surface area contributed by atoms with Gasteiger partial charge in [0.25, 0.3) is 0 Å². The van der Waals surface area contributed by atoms with Crippen LogP contribution in [0.3, 0.4) is 0 Å². The van der Waals surface area contributed by atoms with Gasteiger partial charge in [0, 0.05) is 5.92 Å². The van der Waals surface area contributed by atoms with E-state index in [4.69, 9.17) is 4.74 Å². The number of halogens is 1. The van der Waals surface area contributed by atoms with Crippen LogP contribution in [0.25, 0.3) is 0 Å². The van der Waals surface area contributed by atoms with Crippen LogP contribution in [0.2, 0.25) is 0 Å². The summed E-state index contributed by atoms with van der Waals surface area (Å²) in [5, 5.41) is 10.7. The molecule has 0 bridgehead atoms. The van der Waals surface area contributed by atoms with Crippen molar-refractivity contribution in [3.05, 3.63) is 101 Å². The predicted octanol–water partition coefficient (Wildman–Crippen LogP) is 5.24. The molecule has 0 saturated carbocycles. The molecule has 3 aromatic carbocycles. The minimum absolute atomic E-state index is 0.183. The van der Waals surface area contributed by atoms with Crippen molar-refractivity contribution in [2.75, 3.05) is 0 Å². The third-order valence-electron chi connectivity index (χ3n) is 4.33. The highest BCUT2D eigenvalue weighted by Crippen LogP contribution is 2.36. The van der Waals surface area contributed by atoms with Crippen LogP contribution in [-0.4, -0.2) is 5.11 Å². The van der Waals surface area contributed by atoms with E-state index in [0.717, 1.165) is 16.9 Å². The van der Waals surface area contributed by atoms with Crippen molar-refractivity contribution in [1.82, 2.24) is 0 Å². The summed E-state index contributed by atoms with van der Waals surface area (Å²) in [6.45, 7) is 2.41. The lowest BCUT2D eigenvalue weighted by atomic mass is 9.90. The van der Waals surface area contributed by atoms with Crippen LogP contribution in [0.5, 0.6) is 5.75 Å². The second-order valence-corrected chi connectivity index (χ2v) is 6.10. The fraction of sp³-hybridized carbons (Fsp3) is 0.182. The highest BCUT2D eigenvalue weighted by molar-refractivity contribution is 5.38. The summed E-state index contributed by atoms with van der Waals surface area (Å²) in [5.41, 5.74) is 2.70. The topological polar surface area (TPSA) is 29.5 Å². The van der Waals surface area contributed by atoms with E-state index in [1.165, 1.54) is 12.1 Å². The Morgan fingerprint density at radius 1 is 0.880 bits per heavy atom. The molecule has 128 valence electrons. The number of aliphatic hydroxyl groups is 1. The first kappa shape index (κ1) is 17.2. The first-order valence-electron chi connectivity index (χ1n) is 8.34. The van der Waals surface area contributed by atoms with Gasteiger partial charge in [0.15, 0.2) is 0 Å². The highest BCUT2D eigenvalue weighted by Gasteiger charge is 2.21. The SMILES string of the molecule is CC(c1ccccc1OCc1ccccc1)C(O)c1ccc(F)cc1. The molecule has 0 spiro atoms. The molecule has 0 saturated heterocycles. The average molecular weight is 336 g/mol. The van der Waals surface area contributed by atoms with Crippen molar-refractivity contribution in [3.63, 3.8) is 0 Å². The molecule has 0 amide bonds. The lowest BCUT2D eigenvalue weighted by molar-refractivity contribution is 0.149. The Balaban J connectivity index is 1.78. The summed E-state index contributed by atoms with van der Waals surface area (Å²) in [6.07, 6.45) is -0.734. The first-order chi connectivity index (χ1) is 12.1. The lowest BCUT2D eigenvalue weighted by Crippen LogP contribution is -2.09. The highest BCUT2D eigenvalue weighted by atomic mass is 19.1. The summed E-state index contributed by atoms with van der Waals surface area (Å²) in [4.78, 5) is 0. The number of aliphatic hydroxyl groups excluding tert-OH is 1. The second kappa shape index (κ2) is 7.95. The van der Waals surface area contributed by atoms with E-state index in [2.05, 4.69) is 0 Å². The van der Waals surface area contributed by atoms with Gasteiger partial charge in [-0.1, -0.05) is 67.6 Å². The maximum Gasteiger partial charge on any atom is 0.123 e. The minimum Gasteiger partial charge on any atom is -0.489 e. The standard InChI is InChI=1S/C22H21FO2/c1-16(22(24)18-11-13-19(23)14-12-18)20-9-5-6-10-21(20)25-15-17-7-3-2-4-8-17/h2-14,16,22,24H,15H2,1H3. The number of benzene rings is 3. The Labute approximate surface area is 147 Å². The summed E-state index contributed by atoms with van der Waals surface area (Å²) < 4.78 is 19.1. The summed E-state index contributed by atoms with van der Waals surface area (Å²) in [6, 6.07) is 23.6. The van der Waals surface area contributed by atoms with Crippen molar-refractivity contribution < 1.29 is 14.2 Å². The van der Waals surface area contributed by atoms with E-state index in [9.17, 15) is 9.50 Å². The van der Waals surface area contributed by atoms with Gasteiger partial charge in [0.2, 0.25) is 0 Å². The van der Waals surface area contributed by atoms with Gasteiger partial charge in [0.05, 0.1) is 6.10 Å². The zero-order chi connectivity index (χ0) is 17.6. The summed E-state index contributed by atoms with van der Waals surface area (Å²) >= 11 is 0. The molecular weight excluding hydrogens is 315 g/mol. The number of para-hydroxylation sites is 1. The Bertz CT molecular complexity index is 800. The Morgan fingerprint density at radius 3 is 2.24 bits per heavy atom. The first-order valence-corrected chi connectivity index (χ1v) is 8.34. The van der Waals surface area contributed by atoms with Crippen LogP contribution < -0.4 is 4.74 Å². The van der Waals surface area contributed by atoms with Gasteiger partial charge in [-0.2, -0.15) is 0 Å². The molecule has 1 N–H and O–H groups in total. The van der Waals surface area contributed by atoms with Crippen LogP contribution in [0, 0.1) is 5.82 Å². The zero-order valence-corrected chi connectivity index (χ0v) is 14.1. The van der Waals surface area contributed by atoms with E-state index in [1.807, 2.05) is 61.5 Å². The van der Waals surface area contributed by atoms with E-state index in [0.29, 0.717) is 12.2 Å². The van der Waals surface area contributed by atoms with Gasteiger partial charge in [-0.05, 0) is 34.9 Å². The van der Waals surface area contributed by atoms with Crippen LogP contribution >= 0.6 is 0 Å². The predicted molar refractivity (Wildman–Crippen MR) is 97.0 cm³/mol. The van der Waals surface area contributed by atoms with Crippen LogP contribution in [0.15, 0.2) is 78.9 Å². The number of hydrogen-bond acceptors (Lipinski definition) is 2. The molecule has 2 nitrogen and oxygen atoms in total. The summed E-state index contributed by atoms with van der Waals surface area (Å²) in [5.74, 6) is 0.257. The van der Waals surface area contributed by atoms with E-state index in [-0.39, 0.29) is 11.7 Å². The molecule has 0 aliphatic heterocycles. The molecule has 0 heterocycles. The number of hydrogen-bond donors (Lipinski definition) is 1. The largest absolute Gasteiger partial charge is 0.489 e. The molecule has 0 aromatic heterocycles. The van der Waals surface area contributed by atoms with Crippen molar-refractivity contribution >= 4 is 0 Å². The van der Waals surface area contributed by atoms with Gasteiger partial charge in [-0.25, -0.2) is 4.39 Å². The molecule has 0 aliphatic rings. The molecule has 2 atom stereocenters. The normalized spacial score (nSPS) is 13.2. The zero-order valence-electron chi connectivity index (χ0n) is 14.1. The Hall–Kier alpha value is -2.65. The maximum atomic E-state index is 13.1. The molecule has 0 radical (unpaired) electrons. The van der Waals surface area contributed by atoms with E-state index in [1.54, 1.807) is 12.1 Å². The molecule has 2 unspecified atom stereocenters. The minimum atomic E-state index is -0.734. The van der Waals surface area contributed by atoms with Crippen molar-refractivity contribution in [2.24, 2.45) is 0 Å². The molecule has 25 heavy (non-hydrogen) atoms. The number of ether oxygens (including phenoxy) is 1. The monoisotopic (exact) mass is 336 g/mol. The molecule has 0 aliphatic carbocycles. The van der Waals surface area contributed by atoms with Gasteiger partial charge in [-0.15, -0.1) is 0 Å². The van der Waals surface area contributed by atoms with Gasteiger partial charge in [-0.3, -0.25) is 0 Å². The lowest BCUT2D eigenvalue weighted by Gasteiger charge is -2.22. The third-order valence-corrected chi connectivity index (χ3v) is 4.33. The van der Waals surface area contributed by atoms with E-state index < -0.39 is 6.10 Å². The molecular formula is C22H21FO2. The van der Waals surface area contributed by atoms with Crippen LogP contribution in [0.4, 0.5) is 4.39 Å². The van der Waals surface area contributed by atoms with E-state index >= 15 is 0 Å². The molecule has 0 fully saturated rings. The fourth-order valence-corrected chi connectivity index (χ4v) is 2.84. The number of rotatable bonds is 6. The van der Waals surface area contributed by atoms with Gasteiger partial charge >= 0.3 is 0 Å². The van der Waals surface area contributed by atoms with Crippen molar-refractivity contribution in [2.45, 2.75) is 25.6 Å². The smallest absolute Gasteiger partial charge is 0.123 e. The Kier molecular flexibility index (Phi) is 5.46. The summed E-state index contributed by atoms with van der Waals surface area (Å²) in [7, 11) is 0. The van der Waals surface area contributed by atoms with Crippen LogP contribution in [-0.2, 0) is 6.61 Å². The molecule has 3 heteroatoms. The average Bonchev–Trinajstić information content (AvgIpc) is 2.67. The quantitative estimate of drug-likeness (QED) is 0.667. The van der Waals surface area contributed by atoms with Crippen molar-refractivity contribution in [1.29, 1.82) is 0 Å². The molecule has 3 aromatic rings. The maximum absolute atomic E-state index is 13.1. The van der Waals surface area contributed by atoms with Gasteiger partial charge in [0.1, 0.15) is 18.2 Å². The Morgan fingerprint density at radius 2 is 1.52 bits per heavy atom. The van der Waals surface area contributed by atoms with Crippen LogP contribution in [0.1, 0.15) is 35.6 Å².